The third kappa shape index (κ3) is 3.28. The number of nitrogens with one attached hydrogen (secondary N) is 1. The van der Waals surface area contributed by atoms with Crippen molar-refractivity contribution in [3.63, 3.8) is 0 Å². The maximum Gasteiger partial charge on any atom is 0.262 e. The maximum atomic E-state index is 12.2. The maximum absolute atomic E-state index is 12.2. The zero-order valence-electron chi connectivity index (χ0n) is 12.4. The minimum atomic E-state index is -0.313. The van der Waals surface area contributed by atoms with Crippen molar-refractivity contribution in [2.45, 2.75) is 19.9 Å². The molecule has 21 heavy (non-hydrogen) atoms. The minimum Gasteiger partial charge on any atom is -0.353 e. The summed E-state index contributed by atoms with van der Waals surface area (Å²) < 4.78 is 0. The highest BCUT2D eigenvalue weighted by atomic mass is 16.2. The lowest BCUT2D eigenvalue weighted by molar-refractivity contribution is -0.122. The number of likely N-dealkylation sites (N-methyl/N-ethyl adjacent to an activating group) is 1. The molecule has 3 amide bonds. The smallest absolute Gasteiger partial charge is 0.262 e. The first-order valence-corrected chi connectivity index (χ1v) is 6.83. The Balaban J connectivity index is 2.00. The number of carbonyl (C=O) groups excluding carboxylic acids is 3. The molecule has 0 bridgehead atoms. The van der Waals surface area contributed by atoms with Crippen LogP contribution in [0.2, 0.25) is 0 Å². The van der Waals surface area contributed by atoms with Crippen LogP contribution in [0, 0.1) is 0 Å². The van der Waals surface area contributed by atoms with Crippen molar-refractivity contribution in [1.29, 1.82) is 0 Å². The molecule has 0 atom stereocenters. The molecule has 1 aromatic rings. The molecule has 1 heterocycles. The summed E-state index contributed by atoms with van der Waals surface area (Å²) in [5.41, 5.74) is 0.838. The lowest BCUT2D eigenvalue weighted by atomic mass is 10.1. The van der Waals surface area contributed by atoms with Crippen molar-refractivity contribution in [2.75, 3.05) is 20.3 Å². The molecule has 1 N–H and O–H groups in total. The summed E-state index contributed by atoms with van der Waals surface area (Å²) in [6.45, 7) is 3.98. The summed E-state index contributed by atoms with van der Waals surface area (Å²) >= 11 is 0. The lowest BCUT2D eigenvalue weighted by Gasteiger charge is -2.22. The molecule has 0 aromatic heterocycles. The Labute approximate surface area is 123 Å². The van der Waals surface area contributed by atoms with E-state index in [1.165, 1.54) is 0 Å². The summed E-state index contributed by atoms with van der Waals surface area (Å²) in [7, 11) is 1.70. The number of fused-ring (bicyclic) bond motifs is 1. The second-order valence-electron chi connectivity index (χ2n) is 5.46. The van der Waals surface area contributed by atoms with Crippen molar-refractivity contribution in [3.05, 3.63) is 35.4 Å². The van der Waals surface area contributed by atoms with Gasteiger partial charge in [-0.05, 0) is 33.0 Å². The lowest BCUT2D eigenvalue weighted by Crippen LogP contribution is -2.44. The standard InChI is InChI=1S/C15H19N3O3/c1-10(2)16-13(19)8-17(3)9-18-14(20)11-6-4-5-7-12(11)15(18)21/h4-7,10H,8-9H2,1-3H3,(H,16,19). The van der Waals surface area contributed by atoms with E-state index in [4.69, 9.17) is 0 Å². The molecule has 0 radical (unpaired) electrons. The van der Waals surface area contributed by atoms with Crippen LogP contribution in [0.1, 0.15) is 34.6 Å². The highest BCUT2D eigenvalue weighted by Gasteiger charge is 2.35. The Hall–Kier alpha value is -2.21. The number of hydrogen-bond donors (Lipinski definition) is 1. The third-order valence-electron chi connectivity index (χ3n) is 3.12. The number of amides is 3. The molecule has 0 unspecified atom stereocenters. The Morgan fingerprint density at radius 1 is 1.19 bits per heavy atom. The van der Waals surface area contributed by atoms with Crippen LogP contribution in [-0.4, -0.2) is 53.8 Å². The van der Waals surface area contributed by atoms with E-state index in [1.807, 2.05) is 13.8 Å². The zero-order chi connectivity index (χ0) is 15.6. The van der Waals surface area contributed by atoms with Crippen LogP contribution in [0.3, 0.4) is 0 Å². The molecule has 0 aliphatic carbocycles. The number of nitrogens with zero attached hydrogens (tertiary/aromatic N) is 2. The number of rotatable bonds is 5. The van der Waals surface area contributed by atoms with Gasteiger partial charge in [0, 0.05) is 6.04 Å². The van der Waals surface area contributed by atoms with E-state index in [9.17, 15) is 14.4 Å². The van der Waals surface area contributed by atoms with Crippen LogP contribution in [0.5, 0.6) is 0 Å². The van der Waals surface area contributed by atoms with Gasteiger partial charge in [0.05, 0.1) is 24.3 Å². The van der Waals surface area contributed by atoms with Gasteiger partial charge in [0.25, 0.3) is 11.8 Å². The summed E-state index contributed by atoms with van der Waals surface area (Å²) in [4.78, 5) is 38.8. The monoisotopic (exact) mass is 289 g/mol. The van der Waals surface area contributed by atoms with Gasteiger partial charge in [-0.2, -0.15) is 0 Å². The van der Waals surface area contributed by atoms with E-state index in [0.717, 1.165) is 4.90 Å². The SMILES string of the molecule is CC(C)NC(=O)CN(C)CN1C(=O)c2ccccc2C1=O. The van der Waals surface area contributed by atoms with Crippen LogP contribution < -0.4 is 5.32 Å². The number of carbonyl (C=O) groups is 3. The van der Waals surface area contributed by atoms with Crippen molar-refractivity contribution in [2.24, 2.45) is 0 Å². The van der Waals surface area contributed by atoms with Crippen molar-refractivity contribution in [1.82, 2.24) is 15.1 Å². The van der Waals surface area contributed by atoms with Crippen molar-refractivity contribution < 1.29 is 14.4 Å². The Kier molecular flexibility index (Phi) is 4.37. The van der Waals surface area contributed by atoms with Crippen LogP contribution in [0.4, 0.5) is 0 Å². The Morgan fingerprint density at radius 2 is 1.71 bits per heavy atom. The topological polar surface area (TPSA) is 69.7 Å². The van der Waals surface area contributed by atoms with Crippen LogP contribution in [0.15, 0.2) is 24.3 Å². The van der Waals surface area contributed by atoms with Gasteiger partial charge in [0.15, 0.2) is 0 Å². The van der Waals surface area contributed by atoms with Gasteiger partial charge < -0.3 is 5.32 Å². The first-order valence-electron chi connectivity index (χ1n) is 6.83. The van der Waals surface area contributed by atoms with Crippen molar-refractivity contribution >= 4 is 17.7 Å². The summed E-state index contributed by atoms with van der Waals surface area (Å²) in [5.74, 6) is -0.762. The summed E-state index contributed by atoms with van der Waals surface area (Å²) in [6.07, 6.45) is 0. The predicted octanol–water partition coefficient (Wildman–Crippen LogP) is 0.697. The van der Waals surface area contributed by atoms with E-state index in [-0.39, 0.29) is 37.0 Å². The molecule has 112 valence electrons. The Bertz CT molecular complexity index is 548. The fraction of sp³-hybridized carbons (Fsp3) is 0.400. The quantitative estimate of drug-likeness (QED) is 0.810. The molecule has 6 heteroatoms. The van der Waals surface area contributed by atoms with Crippen molar-refractivity contribution in [3.8, 4) is 0 Å². The van der Waals surface area contributed by atoms with E-state index in [2.05, 4.69) is 5.32 Å². The van der Waals surface area contributed by atoms with E-state index in [0.29, 0.717) is 11.1 Å². The second kappa shape index (κ2) is 6.05. The van der Waals surface area contributed by atoms with Gasteiger partial charge in [0.2, 0.25) is 5.91 Å². The third-order valence-corrected chi connectivity index (χ3v) is 3.12. The van der Waals surface area contributed by atoms with Crippen LogP contribution in [0.25, 0.3) is 0 Å². The average molecular weight is 289 g/mol. The molecule has 6 nitrogen and oxygen atoms in total. The first kappa shape index (κ1) is 15.2. The molecule has 0 saturated carbocycles. The molecule has 1 aromatic carbocycles. The van der Waals surface area contributed by atoms with Gasteiger partial charge >= 0.3 is 0 Å². The highest BCUT2D eigenvalue weighted by molar-refractivity contribution is 6.21. The van der Waals surface area contributed by atoms with E-state index >= 15 is 0 Å². The van der Waals surface area contributed by atoms with Gasteiger partial charge in [-0.25, -0.2) is 0 Å². The van der Waals surface area contributed by atoms with E-state index in [1.54, 1.807) is 36.2 Å². The molecule has 0 spiro atoms. The molecule has 1 aliphatic heterocycles. The number of imide groups is 1. The average Bonchev–Trinajstić information content (AvgIpc) is 2.63. The summed E-state index contributed by atoms with van der Waals surface area (Å²) in [6, 6.07) is 6.80. The fourth-order valence-corrected chi connectivity index (χ4v) is 2.27. The summed E-state index contributed by atoms with van der Waals surface area (Å²) in [5, 5.41) is 2.77. The predicted molar refractivity (Wildman–Crippen MR) is 77.7 cm³/mol. The zero-order valence-corrected chi connectivity index (χ0v) is 12.4. The van der Waals surface area contributed by atoms with Gasteiger partial charge in [-0.1, -0.05) is 12.1 Å². The van der Waals surface area contributed by atoms with Gasteiger partial charge in [-0.3, -0.25) is 24.2 Å². The van der Waals surface area contributed by atoms with Crippen LogP contribution in [-0.2, 0) is 4.79 Å². The number of benzene rings is 1. The molecule has 1 aliphatic rings. The molecule has 0 fully saturated rings. The molecular weight excluding hydrogens is 270 g/mol. The first-order chi connectivity index (χ1) is 9.90. The largest absolute Gasteiger partial charge is 0.353 e. The van der Waals surface area contributed by atoms with E-state index < -0.39 is 0 Å². The Morgan fingerprint density at radius 3 is 2.19 bits per heavy atom. The second-order valence-corrected chi connectivity index (χ2v) is 5.46. The van der Waals surface area contributed by atoms with Gasteiger partial charge in [0.1, 0.15) is 0 Å². The highest BCUT2D eigenvalue weighted by Crippen LogP contribution is 2.22. The fourth-order valence-electron chi connectivity index (χ4n) is 2.27. The molecular formula is C15H19N3O3. The van der Waals surface area contributed by atoms with Gasteiger partial charge in [-0.15, -0.1) is 0 Å². The number of hydrogen-bond acceptors (Lipinski definition) is 4. The minimum absolute atomic E-state index is 0.0604. The molecule has 0 saturated heterocycles. The van der Waals surface area contributed by atoms with Crippen LogP contribution >= 0.6 is 0 Å². The normalized spacial score (nSPS) is 14.0. The molecule has 2 rings (SSSR count).